The molecule has 0 bridgehead atoms. The molecule has 0 aliphatic carbocycles. The summed E-state index contributed by atoms with van der Waals surface area (Å²) in [5, 5.41) is 7.83. The van der Waals surface area contributed by atoms with E-state index in [1.807, 2.05) is 0 Å². The van der Waals surface area contributed by atoms with Gasteiger partial charge in [-0.2, -0.15) is 13.2 Å². The van der Waals surface area contributed by atoms with Gasteiger partial charge >= 0.3 is 12.2 Å². The summed E-state index contributed by atoms with van der Waals surface area (Å²) < 4.78 is 43.1. The largest absolute Gasteiger partial charge is 0.459 e. The predicted octanol–water partition coefficient (Wildman–Crippen LogP) is 4.40. The summed E-state index contributed by atoms with van der Waals surface area (Å²) >= 11 is 0. The molecule has 3 rings (SSSR count). The Labute approximate surface area is 181 Å². The highest BCUT2D eigenvalue weighted by Gasteiger charge is 2.30. The summed E-state index contributed by atoms with van der Waals surface area (Å²) in [5.74, 6) is 5.02. The first-order valence-corrected chi connectivity index (χ1v) is 9.43. The second-order valence-electron chi connectivity index (χ2n) is 6.54. The fourth-order valence-electron chi connectivity index (χ4n) is 2.60. The van der Waals surface area contributed by atoms with Crippen LogP contribution in [-0.2, 0) is 12.7 Å². The molecule has 3 amide bonds. The standard InChI is InChI=1S/C23H18F3N3O3/c24-23(25,26)18-6-1-4-16(14-18)5-2-12-27-22(31)28-15-17-8-10-19(11-9-17)29-21(30)20-7-3-13-32-20/h1,3-4,6-11,13-14H,12,15H2,(H,29,30)(H2,27,28,31). The second kappa shape index (κ2) is 10.2. The lowest BCUT2D eigenvalue weighted by atomic mass is 10.1. The van der Waals surface area contributed by atoms with E-state index in [1.165, 1.54) is 18.4 Å². The quantitative estimate of drug-likeness (QED) is 0.513. The Balaban J connectivity index is 1.42. The molecule has 2 aromatic carbocycles. The van der Waals surface area contributed by atoms with Crippen LogP contribution in [0.1, 0.15) is 27.2 Å². The Hall–Kier alpha value is -4.19. The van der Waals surface area contributed by atoms with Gasteiger partial charge in [0.1, 0.15) is 0 Å². The van der Waals surface area contributed by atoms with Crippen LogP contribution in [0.5, 0.6) is 0 Å². The number of hydrogen-bond acceptors (Lipinski definition) is 3. The lowest BCUT2D eigenvalue weighted by Crippen LogP contribution is -2.35. The first kappa shape index (κ1) is 22.5. The Morgan fingerprint density at radius 3 is 2.44 bits per heavy atom. The van der Waals surface area contributed by atoms with Crippen molar-refractivity contribution >= 4 is 17.6 Å². The van der Waals surface area contributed by atoms with E-state index in [0.717, 1.165) is 17.7 Å². The molecule has 3 N–H and O–H groups in total. The predicted molar refractivity (Wildman–Crippen MR) is 112 cm³/mol. The maximum Gasteiger partial charge on any atom is 0.416 e. The molecule has 1 aromatic heterocycles. The van der Waals surface area contributed by atoms with Crippen LogP contribution in [-0.4, -0.2) is 18.5 Å². The lowest BCUT2D eigenvalue weighted by molar-refractivity contribution is -0.137. The van der Waals surface area contributed by atoms with E-state index in [1.54, 1.807) is 36.4 Å². The number of urea groups is 1. The van der Waals surface area contributed by atoms with Gasteiger partial charge in [-0.3, -0.25) is 4.79 Å². The van der Waals surface area contributed by atoms with Crippen molar-refractivity contribution in [2.24, 2.45) is 0 Å². The van der Waals surface area contributed by atoms with Gasteiger partial charge in [0.05, 0.1) is 18.4 Å². The van der Waals surface area contributed by atoms with Gasteiger partial charge in [-0.15, -0.1) is 0 Å². The molecule has 1 heterocycles. The van der Waals surface area contributed by atoms with Crippen molar-refractivity contribution in [1.82, 2.24) is 10.6 Å². The van der Waals surface area contributed by atoms with Crippen molar-refractivity contribution < 1.29 is 27.2 Å². The Morgan fingerprint density at radius 2 is 1.75 bits per heavy atom. The summed E-state index contributed by atoms with van der Waals surface area (Å²) in [6.45, 7) is 0.207. The Bertz CT molecular complexity index is 1130. The monoisotopic (exact) mass is 441 g/mol. The molecule has 32 heavy (non-hydrogen) atoms. The lowest BCUT2D eigenvalue weighted by Gasteiger charge is -2.07. The van der Waals surface area contributed by atoms with Crippen molar-refractivity contribution in [3.63, 3.8) is 0 Å². The third-order valence-corrected chi connectivity index (χ3v) is 4.17. The fraction of sp³-hybridized carbons (Fsp3) is 0.130. The smallest absolute Gasteiger partial charge is 0.416 e. The van der Waals surface area contributed by atoms with E-state index in [4.69, 9.17) is 4.42 Å². The summed E-state index contributed by atoms with van der Waals surface area (Å²) in [6.07, 6.45) is -3.02. The first-order chi connectivity index (χ1) is 15.3. The van der Waals surface area contributed by atoms with Gasteiger partial charge in [-0.05, 0) is 48.0 Å². The van der Waals surface area contributed by atoms with Crippen LogP contribution in [0.25, 0.3) is 0 Å². The van der Waals surface area contributed by atoms with E-state index in [9.17, 15) is 22.8 Å². The van der Waals surface area contributed by atoms with Crippen molar-refractivity contribution in [1.29, 1.82) is 0 Å². The zero-order valence-electron chi connectivity index (χ0n) is 16.6. The molecule has 9 heteroatoms. The zero-order valence-corrected chi connectivity index (χ0v) is 16.6. The highest BCUT2D eigenvalue weighted by molar-refractivity contribution is 6.02. The van der Waals surface area contributed by atoms with Gasteiger partial charge in [-0.25, -0.2) is 4.79 Å². The number of halogens is 3. The van der Waals surface area contributed by atoms with Crippen LogP contribution in [0.15, 0.2) is 71.3 Å². The molecule has 0 saturated carbocycles. The highest BCUT2D eigenvalue weighted by Crippen LogP contribution is 2.29. The van der Waals surface area contributed by atoms with Gasteiger partial charge < -0.3 is 20.4 Å². The first-order valence-electron chi connectivity index (χ1n) is 9.43. The number of rotatable bonds is 5. The summed E-state index contributed by atoms with van der Waals surface area (Å²) in [7, 11) is 0. The maximum atomic E-state index is 12.7. The molecule has 0 aliphatic heterocycles. The van der Waals surface area contributed by atoms with Gasteiger partial charge in [0.2, 0.25) is 0 Å². The molecule has 3 aromatic rings. The number of carbonyl (C=O) groups is 2. The molecule has 0 atom stereocenters. The number of carbonyl (C=O) groups excluding carboxylic acids is 2. The van der Waals surface area contributed by atoms with Crippen LogP contribution in [0.4, 0.5) is 23.7 Å². The van der Waals surface area contributed by atoms with Gasteiger partial charge in [-0.1, -0.05) is 30.0 Å². The fourth-order valence-corrected chi connectivity index (χ4v) is 2.60. The van der Waals surface area contributed by atoms with Crippen molar-refractivity contribution in [2.75, 3.05) is 11.9 Å². The van der Waals surface area contributed by atoms with E-state index >= 15 is 0 Å². The van der Waals surface area contributed by atoms with Gasteiger partial charge in [0.15, 0.2) is 5.76 Å². The molecule has 6 nitrogen and oxygen atoms in total. The highest BCUT2D eigenvalue weighted by atomic mass is 19.4. The molecule has 0 saturated heterocycles. The van der Waals surface area contributed by atoms with E-state index in [2.05, 4.69) is 27.8 Å². The number of anilines is 1. The van der Waals surface area contributed by atoms with Crippen LogP contribution in [0.2, 0.25) is 0 Å². The normalized spacial score (nSPS) is 10.6. The maximum absolute atomic E-state index is 12.7. The molecular weight excluding hydrogens is 423 g/mol. The van der Waals surface area contributed by atoms with Crippen LogP contribution >= 0.6 is 0 Å². The van der Waals surface area contributed by atoms with Crippen molar-refractivity contribution in [3.05, 3.63) is 89.4 Å². The minimum Gasteiger partial charge on any atom is -0.459 e. The van der Waals surface area contributed by atoms with Crippen LogP contribution in [0, 0.1) is 11.8 Å². The number of hydrogen-bond donors (Lipinski definition) is 3. The summed E-state index contributed by atoms with van der Waals surface area (Å²) in [5.41, 5.74) is 0.804. The second-order valence-corrected chi connectivity index (χ2v) is 6.54. The summed E-state index contributed by atoms with van der Waals surface area (Å²) in [4.78, 5) is 23.8. The van der Waals surface area contributed by atoms with E-state index in [-0.39, 0.29) is 30.3 Å². The number of furan rings is 1. The molecule has 0 fully saturated rings. The number of amides is 3. The average Bonchev–Trinajstić information content (AvgIpc) is 3.31. The molecule has 0 radical (unpaired) electrons. The van der Waals surface area contributed by atoms with Gasteiger partial charge in [0, 0.05) is 17.8 Å². The van der Waals surface area contributed by atoms with Crippen LogP contribution in [0.3, 0.4) is 0 Å². The molecular formula is C23H18F3N3O3. The average molecular weight is 441 g/mol. The number of nitrogens with one attached hydrogen (secondary N) is 3. The number of alkyl halides is 3. The molecule has 0 aliphatic rings. The van der Waals surface area contributed by atoms with E-state index in [0.29, 0.717) is 5.69 Å². The zero-order chi connectivity index (χ0) is 23.0. The third-order valence-electron chi connectivity index (χ3n) is 4.17. The Morgan fingerprint density at radius 1 is 0.969 bits per heavy atom. The number of benzene rings is 2. The Kier molecular flexibility index (Phi) is 7.18. The van der Waals surface area contributed by atoms with Crippen molar-refractivity contribution in [3.8, 4) is 11.8 Å². The molecule has 0 unspecified atom stereocenters. The van der Waals surface area contributed by atoms with Crippen LogP contribution < -0.4 is 16.0 Å². The third kappa shape index (κ3) is 6.67. The molecule has 164 valence electrons. The topological polar surface area (TPSA) is 83.4 Å². The SMILES string of the molecule is O=C(NCC#Cc1cccc(C(F)(F)F)c1)NCc1ccc(NC(=O)c2ccco2)cc1. The minimum atomic E-state index is -4.43. The van der Waals surface area contributed by atoms with Gasteiger partial charge in [0.25, 0.3) is 5.91 Å². The molecule has 0 spiro atoms. The minimum absolute atomic E-state index is 0.0279. The summed E-state index contributed by atoms with van der Waals surface area (Å²) in [6, 6.07) is 14.2. The van der Waals surface area contributed by atoms with Crippen molar-refractivity contribution in [2.45, 2.75) is 12.7 Å². The van der Waals surface area contributed by atoms with E-state index < -0.39 is 17.8 Å².